The molecule has 1 amide bonds. The molecule has 3 aromatic rings. The van der Waals surface area contributed by atoms with Gasteiger partial charge in [0.1, 0.15) is 5.82 Å². The molecular formula is C19H13ClFNOS. The minimum atomic E-state index is -0.299. The number of carbonyl (C=O) groups excluding carboxylic acids is 1. The van der Waals surface area contributed by atoms with Crippen molar-refractivity contribution in [1.82, 2.24) is 0 Å². The first-order chi connectivity index (χ1) is 11.6. The van der Waals surface area contributed by atoms with Gasteiger partial charge in [0.15, 0.2) is 0 Å². The lowest BCUT2D eigenvalue weighted by Gasteiger charge is -2.24. The third kappa shape index (κ3) is 2.52. The normalized spacial score (nSPS) is 16.6. The van der Waals surface area contributed by atoms with Crippen molar-refractivity contribution in [1.29, 1.82) is 0 Å². The van der Waals surface area contributed by atoms with Gasteiger partial charge in [0.25, 0.3) is 0 Å². The van der Waals surface area contributed by atoms with Gasteiger partial charge in [-0.2, -0.15) is 0 Å². The third-order valence-corrected chi connectivity index (χ3v) is 5.67. The molecule has 1 N–H and O–H groups in total. The molecule has 0 saturated carbocycles. The predicted molar refractivity (Wildman–Crippen MR) is 96.3 cm³/mol. The zero-order chi connectivity index (χ0) is 16.7. The summed E-state index contributed by atoms with van der Waals surface area (Å²) in [5, 5.41) is 5.46. The second-order valence-electron chi connectivity index (χ2n) is 5.69. The van der Waals surface area contributed by atoms with Gasteiger partial charge in [-0.05, 0) is 17.7 Å². The second kappa shape index (κ2) is 6.04. The quantitative estimate of drug-likeness (QED) is 0.628. The van der Waals surface area contributed by atoms with Crippen LogP contribution in [0.15, 0.2) is 53.9 Å². The van der Waals surface area contributed by atoms with E-state index in [0.29, 0.717) is 22.7 Å². The molecule has 0 spiro atoms. The van der Waals surface area contributed by atoms with Crippen LogP contribution in [0, 0.1) is 5.82 Å². The largest absolute Gasteiger partial charge is 0.325 e. The van der Waals surface area contributed by atoms with Crippen molar-refractivity contribution < 1.29 is 9.18 Å². The highest BCUT2D eigenvalue weighted by atomic mass is 35.5. The fraction of sp³-hybridized carbons (Fsp3) is 0.105. The monoisotopic (exact) mass is 357 g/mol. The first-order valence-corrected chi connectivity index (χ1v) is 8.81. The summed E-state index contributed by atoms with van der Waals surface area (Å²) in [4.78, 5) is 13.3. The van der Waals surface area contributed by atoms with E-state index in [4.69, 9.17) is 11.6 Å². The maximum atomic E-state index is 14.2. The number of halogens is 2. The SMILES string of the molecule is O=C1CC(c2ccccc2Cl)c2scc(-c3ccccc3F)c2N1. The molecule has 1 aliphatic rings. The first-order valence-electron chi connectivity index (χ1n) is 7.55. The van der Waals surface area contributed by atoms with Gasteiger partial charge < -0.3 is 5.32 Å². The lowest BCUT2D eigenvalue weighted by atomic mass is 9.89. The van der Waals surface area contributed by atoms with E-state index in [0.717, 1.165) is 16.0 Å². The molecule has 24 heavy (non-hydrogen) atoms. The van der Waals surface area contributed by atoms with Crippen molar-refractivity contribution in [2.45, 2.75) is 12.3 Å². The molecule has 4 rings (SSSR count). The van der Waals surface area contributed by atoms with E-state index in [1.54, 1.807) is 18.2 Å². The van der Waals surface area contributed by atoms with Crippen molar-refractivity contribution in [3.8, 4) is 11.1 Å². The molecule has 1 unspecified atom stereocenters. The molecule has 0 radical (unpaired) electrons. The molecule has 120 valence electrons. The molecule has 2 aromatic carbocycles. The number of benzene rings is 2. The lowest BCUT2D eigenvalue weighted by Crippen LogP contribution is -2.22. The van der Waals surface area contributed by atoms with Crippen LogP contribution < -0.4 is 5.32 Å². The maximum absolute atomic E-state index is 14.2. The number of carbonyl (C=O) groups is 1. The van der Waals surface area contributed by atoms with Gasteiger partial charge in [-0.1, -0.05) is 48.0 Å². The van der Waals surface area contributed by atoms with Crippen LogP contribution in [0.1, 0.15) is 22.8 Å². The molecule has 1 aromatic heterocycles. The molecule has 5 heteroatoms. The summed E-state index contributed by atoms with van der Waals surface area (Å²) in [6.45, 7) is 0. The topological polar surface area (TPSA) is 29.1 Å². The van der Waals surface area contributed by atoms with Gasteiger partial charge in [-0.3, -0.25) is 4.79 Å². The Morgan fingerprint density at radius 2 is 1.83 bits per heavy atom. The van der Waals surface area contributed by atoms with E-state index in [1.807, 2.05) is 29.6 Å². The van der Waals surface area contributed by atoms with E-state index >= 15 is 0 Å². The molecule has 1 aliphatic heterocycles. The summed E-state index contributed by atoms with van der Waals surface area (Å²) in [6.07, 6.45) is 0.341. The fourth-order valence-corrected chi connectivity index (χ4v) is 4.52. The molecule has 0 fully saturated rings. The van der Waals surface area contributed by atoms with Crippen molar-refractivity contribution in [3.63, 3.8) is 0 Å². The Labute approximate surface area is 147 Å². The zero-order valence-corrected chi connectivity index (χ0v) is 14.1. The van der Waals surface area contributed by atoms with Crippen molar-refractivity contribution in [2.75, 3.05) is 5.32 Å². The van der Waals surface area contributed by atoms with Crippen LogP contribution in [-0.2, 0) is 4.79 Å². The number of rotatable bonds is 2. The molecular weight excluding hydrogens is 345 g/mol. The van der Waals surface area contributed by atoms with Gasteiger partial charge in [-0.15, -0.1) is 11.3 Å². The van der Waals surface area contributed by atoms with Gasteiger partial charge >= 0.3 is 0 Å². The van der Waals surface area contributed by atoms with E-state index in [9.17, 15) is 9.18 Å². The van der Waals surface area contributed by atoms with Crippen molar-refractivity contribution in [3.05, 3.63) is 75.2 Å². The lowest BCUT2D eigenvalue weighted by molar-refractivity contribution is -0.116. The van der Waals surface area contributed by atoms with Crippen molar-refractivity contribution >= 4 is 34.5 Å². The van der Waals surface area contributed by atoms with Crippen LogP contribution in [0.4, 0.5) is 10.1 Å². The highest BCUT2D eigenvalue weighted by Gasteiger charge is 2.31. The number of fused-ring (bicyclic) bond motifs is 1. The van der Waals surface area contributed by atoms with Crippen molar-refractivity contribution in [2.24, 2.45) is 0 Å². The average Bonchev–Trinajstić information content (AvgIpc) is 2.99. The Hall–Kier alpha value is -2.17. The van der Waals surface area contributed by atoms with Gasteiger partial charge in [0.05, 0.1) is 5.69 Å². The van der Waals surface area contributed by atoms with Crippen LogP contribution in [-0.4, -0.2) is 5.91 Å². The van der Waals surface area contributed by atoms with E-state index in [2.05, 4.69) is 5.32 Å². The van der Waals surface area contributed by atoms with E-state index in [-0.39, 0.29) is 17.6 Å². The molecule has 2 heterocycles. The Kier molecular flexibility index (Phi) is 3.87. The summed E-state index contributed by atoms with van der Waals surface area (Å²) in [6, 6.07) is 14.2. The maximum Gasteiger partial charge on any atom is 0.225 e. The van der Waals surface area contributed by atoms with Crippen LogP contribution >= 0.6 is 22.9 Å². The van der Waals surface area contributed by atoms with E-state index in [1.165, 1.54) is 17.4 Å². The highest BCUT2D eigenvalue weighted by Crippen LogP contribution is 2.48. The number of hydrogen-bond donors (Lipinski definition) is 1. The fourth-order valence-electron chi connectivity index (χ4n) is 3.11. The number of thiophene rings is 1. The Bertz CT molecular complexity index is 937. The van der Waals surface area contributed by atoms with Crippen LogP contribution in [0.2, 0.25) is 5.02 Å². The van der Waals surface area contributed by atoms with Crippen LogP contribution in [0.25, 0.3) is 11.1 Å². The molecule has 2 nitrogen and oxygen atoms in total. The summed E-state index contributed by atoms with van der Waals surface area (Å²) >= 11 is 7.86. The van der Waals surface area contributed by atoms with Gasteiger partial charge in [0, 0.05) is 38.7 Å². The number of hydrogen-bond acceptors (Lipinski definition) is 2. The minimum absolute atomic E-state index is 0.0802. The summed E-state index contributed by atoms with van der Waals surface area (Å²) in [7, 11) is 0. The van der Waals surface area contributed by atoms with Gasteiger partial charge in [-0.25, -0.2) is 4.39 Å². The van der Waals surface area contributed by atoms with Gasteiger partial charge in [0.2, 0.25) is 5.91 Å². The first kappa shape index (κ1) is 15.4. The Morgan fingerprint density at radius 3 is 2.62 bits per heavy atom. The Morgan fingerprint density at radius 1 is 1.08 bits per heavy atom. The molecule has 0 saturated heterocycles. The summed E-state index contributed by atoms with van der Waals surface area (Å²) in [5.41, 5.74) is 2.84. The number of nitrogens with one attached hydrogen (secondary N) is 1. The predicted octanol–water partition coefficient (Wildman–Crippen LogP) is 5.68. The standard InChI is InChI=1S/C19H13ClFNOS/c20-15-7-3-1-5-11(15)13-9-17(23)22-18-14(10-24-19(13)18)12-6-2-4-8-16(12)21/h1-8,10,13H,9H2,(H,22,23). The number of anilines is 1. The second-order valence-corrected chi connectivity index (χ2v) is 7.01. The molecule has 1 atom stereocenters. The highest BCUT2D eigenvalue weighted by molar-refractivity contribution is 7.11. The number of amides is 1. The van der Waals surface area contributed by atoms with E-state index < -0.39 is 0 Å². The Balaban J connectivity index is 1.87. The molecule has 0 aliphatic carbocycles. The van der Waals surface area contributed by atoms with Crippen LogP contribution in [0.3, 0.4) is 0 Å². The van der Waals surface area contributed by atoms with Crippen LogP contribution in [0.5, 0.6) is 0 Å². The smallest absolute Gasteiger partial charge is 0.225 e. The average molecular weight is 358 g/mol. The molecule has 0 bridgehead atoms. The third-order valence-electron chi connectivity index (χ3n) is 4.23. The summed E-state index contributed by atoms with van der Waals surface area (Å²) in [5.74, 6) is -0.483. The minimum Gasteiger partial charge on any atom is -0.325 e. The summed E-state index contributed by atoms with van der Waals surface area (Å²) < 4.78 is 14.2. The zero-order valence-electron chi connectivity index (χ0n) is 12.6.